The van der Waals surface area contributed by atoms with Crippen LogP contribution in [0, 0.1) is 74.9 Å². The van der Waals surface area contributed by atoms with Crippen molar-refractivity contribution >= 4 is 5.78 Å². The van der Waals surface area contributed by atoms with Crippen LogP contribution >= 0.6 is 0 Å². The van der Waals surface area contributed by atoms with Crippen molar-refractivity contribution in [2.75, 3.05) is 13.2 Å². The summed E-state index contributed by atoms with van der Waals surface area (Å²) in [6.45, 7) is 16.8. The average molecular weight is 911 g/mol. The first-order valence-corrected chi connectivity index (χ1v) is 26.0. The summed E-state index contributed by atoms with van der Waals surface area (Å²) in [5.74, 6) is -1.19. The molecule has 66 heavy (non-hydrogen) atoms. The molecule has 3 unspecified atom stereocenters. The van der Waals surface area contributed by atoms with Gasteiger partial charge < -0.3 is 44.5 Å². The molecule has 12 aliphatic rings. The zero-order valence-electron chi connectivity index (χ0n) is 40.4. The minimum atomic E-state index is -1.49. The van der Waals surface area contributed by atoms with Crippen LogP contribution < -0.4 is 0 Å². The Bertz CT molecular complexity index is 2390. The Morgan fingerprint density at radius 2 is 1.35 bits per heavy atom. The molecule has 0 amide bonds. The molecule has 12 heteroatoms. The van der Waals surface area contributed by atoms with Crippen molar-refractivity contribution in [2.45, 2.75) is 192 Å². The molecule has 5 N–H and O–H groups in total. The highest BCUT2D eigenvalue weighted by molar-refractivity contribution is 5.91. The van der Waals surface area contributed by atoms with E-state index in [1.165, 1.54) is 5.57 Å². The van der Waals surface area contributed by atoms with Gasteiger partial charge in [-0.05, 0) is 137 Å². The number of hydrogen-bond acceptors (Lipinski definition) is 12. The lowest BCUT2D eigenvalue weighted by molar-refractivity contribution is -0.336. The first-order chi connectivity index (χ1) is 31.0. The molecule has 12 nitrogen and oxygen atoms in total. The van der Waals surface area contributed by atoms with Crippen LogP contribution in [0.4, 0.5) is 0 Å². The number of hydrogen-bond donors (Lipinski definition) is 5. The van der Waals surface area contributed by atoms with E-state index in [0.29, 0.717) is 49.4 Å². The van der Waals surface area contributed by atoms with Crippen LogP contribution in [0.2, 0.25) is 0 Å². The number of ether oxygens (including phenoxy) is 4. The lowest BCUT2D eigenvalue weighted by atomic mass is 9.44. The van der Waals surface area contributed by atoms with E-state index in [0.717, 1.165) is 86.1 Å². The van der Waals surface area contributed by atoms with Crippen molar-refractivity contribution in [1.82, 2.24) is 9.97 Å². The molecule has 8 fully saturated rings. The van der Waals surface area contributed by atoms with Gasteiger partial charge in [-0.25, -0.2) is 0 Å². The Morgan fingerprint density at radius 1 is 0.727 bits per heavy atom. The Labute approximate surface area is 389 Å². The number of aromatic nitrogens is 2. The summed E-state index contributed by atoms with van der Waals surface area (Å²) < 4.78 is 26.3. The molecular formula is C54H74N2O10. The normalized spacial score (nSPS) is 56.8. The zero-order chi connectivity index (χ0) is 46.3. The van der Waals surface area contributed by atoms with E-state index in [2.05, 4.69) is 32.9 Å². The number of aliphatic hydroxyl groups excluding tert-OH is 4. The van der Waals surface area contributed by atoms with E-state index < -0.39 is 69.5 Å². The molecule has 1 aromatic heterocycles. The van der Waals surface area contributed by atoms with Crippen molar-refractivity contribution in [3.63, 3.8) is 0 Å². The highest BCUT2D eigenvalue weighted by atomic mass is 16.7. The monoisotopic (exact) mass is 911 g/mol. The third-order valence-corrected chi connectivity index (χ3v) is 22.9. The molecule has 5 heterocycles. The number of carbonyl (C=O) groups excluding carboxylic acids is 1. The fourth-order valence-electron chi connectivity index (χ4n) is 19.3. The number of rotatable bonds is 1. The van der Waals surface area contributed by atoms with Crippen molar-refractivity contribution in [1.29, 1.82) is 0 Å². The summed E-state index contributed by atoms with van der Waals surface area (Å²) in [5, 5.41) is 58.3. The maximum atomic E-state index is 14.9. The van der Waals surface area contributed by atoms with Gasteiger partial charge in [0.15, 0.2) is 5.79 Å². The van der Waals surface area contributed by atoms with E-state index in [9.17, 15) is 30.3 Å². The summed E-state index contributed by atoms with van der Waals surface area (Å²) in [6, 6.07) is 0. The van der Waals surface area contributed by atoms with Crippen LogP contribution in [0.25, 0.3) is 0 Å². The quantitative estimate of drug-likeness (QED) is 0.224. The molecule has 8 aliphatic carbocycles. The average Bonchev–Trinajstić information content (AvgIpc) is 3.98. The summed E-state index contributed by atoms with van der Waals surface area (Å²) in [7, 11) is 0. The van der Waals surface area contributed by atoms with Gasteiger partial charge in [-0.15, -0.1) is 0 Å². The second-order valence-electron chi connectivity index (χ2n) is 26.1. The SMILES string of the molecule is C[C@@H]1C2(O[C@H]3C=C4[C@@H]5CC[C@H]6Cc7nc8c(nc7C[C@]6(C)[C@H]5C[C@@H](O)[C@]4(C)[C@]31O)C[C@@H]1CC[C@H]3C4=CC[C@@H]5[C@H](C)C6(OCC45C(=O)C[C@@H]3[C@@]1(C)C8)OC(C)(C)C[C@H]6O)O[C@](C)(CO)C[C@H]2O. The smallest absolute Gasteiger partial charge is 0.201 e. The number of carbonyl (C=O) groups is 1. The molecule has 360 valence electrons. The fourth-order valence-corrected chi connectivity index (χ4v) is 19.3. The Kier molecular flexibility index (Phi) is 8.79. The van der Waals surface area contributed by atoms with Gasteiger partial charge in [0.05, 0.1) is 58.7 Å². The van der Waals surface area contributed by atoms with Crippen molar-refractivity contribution in [2.24, 2.45) is 74.9 Å². The van der Waals surface area contributed by atoms with Gasteiger partial charge in [-0.3, -0.25) is 14.8 Å². The van der Waals surface area contributed by atoms with E-state index in [1.54, 1.807) is 6.92 Å². The standard InChI is InChI=1S/C54H74N2O10/c1-26-32-13-14-33-30-11-9-28-15-37-40(21-49(28,7)35(30)18-42(59)51(32,33)25-63-53(26)43(60)22-46(3,4)65-53)56-38-16-29-10-12-31-34(48(29,6)20-39(38)55-37)17-41(58)50(8)36(31)19-45-52(50,62)27(2)54(64-45)44(61)23-47(5,24-57)66-54/h14,19,26-32,34-35,41,43-45,57-58,60-62H,9-13,15-18,20-25H2,1-8H3/t26-,27-,28-,29-,30-,31+,32+,34-,35-,41+,43+,44+,45-,47-,48-,49-,50+,51?,52+,53?,54?/m0/s1. The van der Waals surface area contributed by atoms with Gasteiger partial charge in [-0.2, -0.15) is 0 Å². The van der Waals surface area contributed by atoms with Gasteiger partial charge in [0.1, 0.15) is 29.7 Å². The van der Waals surface area contributed by atoms with Gasteiger partial charge in [0, 0.05) is 36.5 Å². The molecule has 1 aromatic rings. The number of Topliss-reactive ketones (excluding diaryl/α,β-unsaturated/α-hetero) is 1. The minimum absolute atomic E-state index is 0.0632. The van der Waals surface area contributed by atoms with Gasteiger partial charge in [0.2, 0.25) is 5.79 Å². The summed E-state index contributed by atoms with van der Waals surface area (Å²) >= 11 is 0. The molecule has 0 radical (unpaired) electrons. The summed E-state index contributed by atoms with van der Waals surface area (Å²) in [6.07, 6.45) is 11.4. The zero-order valence-corrected chi connectivity index (χ0v) is 40.4. The topological polar surface area (TPSA) is 181 Å². The maximum Gasteiger partial charge on any atom is 0.201 e. The molecule has 4 aliphatic heterocycles. The fraction of sp³-hybridized carbons (Fsp3) is 0.833. The minimum Gasteiger partial charge on any atom is -0.393 e. The lowest BCUT2D eigenvalue weighted by Crippen LogP contribution is -2.65. The van der Waals surface area contributed by atoms with Gasteiger partial charge >= 0.3 is 0 Å². The number of ketones is 1. The Morgan fingerprint density at radius 3 is 1.95 bits per heavy atom. The van der Waals surface area contributed by atoms with Crippen LogP contribution in [0.5, 0.6) is 0 Å². The third kappa shape index (κ3) is 4.97. The third-order valence-electron chi connectivity index (χ3n) is 22.9. The van der Waals surface area contributed by atoms with Gasteiger partial charge in [0.25, 0.3) is 0 Å². The predicted molar refractivity (Wildman–Crippen MR) is 240 cm³/mol. The van der Waals surface area contributed by atoms with Crippen molar-refractivity contribution in [3.8, 4) is 0 Å². The molecule has 0 aromatic carbocycles. The Balaban J connectivity index is 0.762. The van der Waals surface area contributed by atoms with Crippen LogP contribution in [-0.4, -0.2) is 107 Å². The Hall–Kier alpha value is -2.13. The highest BCUT2D eigenvalue weighted by Gasteiger charge is 2.79. The lowest BCUT2D eigenvalue weighted by Gasteiger charge is -2.61. The van der Waals surface area contributed by atoms with Crippen molar-refractivity contribution < 1.29 is 49.3 Å². The highest BCUT2D eigenvalue weighted by Crippen LogP contribution is 2.72. The first kappa shape index (κ1) is 43.9. The van der Waals surface area contributed by atoms with E-state index >= 15 is 0 Å². The maximum absolute atomic E-state index is 14.9. The molecule has 21 atom stereocenters. The van der Waals surface area contributed by atoms with Crippen LogP contribution in [0.3, 0.4) is 0 Å². The largest absolute Gasteiger partial charge is 0.393 e. The molecular weight excluding hydrogens is 837 g/mol. The van der Waals surface area contributed by atoms with E-state index in [-0.39, 0.29) is 53.4 Å². The molecule has 4 saturated heterocycles. The number of allylic oxidation sites excluding steroid dienone is 1. The first-order valence-electron chi connectivity index (χ1n) is 26.0. The summed E-state index contributed by atoms with van der Waals surface area (Å²) in [4.78, 5) is 26.1. The van der Waals surface area contributed by atoms with Crippen LogP contribution in [0.1, 0.15) is 136 Å². The molecule has 0 bridgehead atoms. The predicted octanol–water partition coefficient (Wildman–Crippen LogP) is 5.50. The van der Waals surface area contributed by atoms with E-state index in [4.69, 9.17) is 28.9 Å². The molecule has 13 rings (SSSR count). The molecule has 4 saturated carbocycles. The second kappa shape index (κ2) is 13.2. The van der Waals surface area contributed by atoms with Gasteiger partial charge in [-0.1, -0.05) is 57.9 Å². The van der Waals surface area contributed by atoms with Crippen molar-refractivity contribution in [3.05, 3.63) is 46.1 Å². The molecule has 3 spiro atoms. The number of aliphatic hydroxyl groups is 5. The van der Waals surface area contributed by atoms with Crippen LogP contribution in [-0.2, 0) is 49.4 Å². The second-order valence-corrected chi connectivity index (χ2v) is 26.1. The summed E-state index contributed by atoms with van der Waals surface area (Å²) in [5.41, 5.74) is 2.15. The number of nitrogens with zero attached hydrogens (tertiary/aromatic N) is 2. The van der Waals surface area contributed by atoms with E-state index in [1.807, 2.05) is 27.7 Å². The van der Waals surface area contributed by atoms with Crippen LogP contribution in [0.15, 0.2) is 23.3 Å². The number of fused-ring (bicyclic) bond motifs is 13.